The fraction of sp³-hybridized carbons (Fsp3) is 0.875. The fourth-order valence-electron chi connectivity index (χ4n) is 3.76. The van der Waals surface area contributed by atoms with E-state index in [-0.39, 0.29) is 6.03 Å². The van der Waals surface area contributed by atoms with Crippen molar-refractivity contribution in [1.29, 1.82) is 0 Å². The van der Waals surface area contributed by atoms with Gasteiger partial charge in [0.15, 0.2) is 0 Å². The highest BCUT2D eigenvalue weighted by molar-refractivity contribution is 5.79. The van der Waals surface area contributed by atoms with Crippen LogP contribution in [0.4, 0.5) is 4.79 Å². The second-order valence-corrected chi connectivity index (χ2v) is 6.65. The van der Waals surface area contributed by atoms with Crippen molar-refractivity contribution in [2.45, 2.75) is 64.3 Å². The molecule has 0 bridgehead atoms. The molecule has 1 unspecified atom stereocenters. The van der Waals surface area contributed by atoms with Crippen molar-refractivity contribution >= 4 is 12.0 Å². The van der Waals surface area contributed by atoms with Crippen molar-refractivity contribution in [3.05, 3.63) is 0 Å². The molecular formula is C16H28N2O3. The Morgan fingerprint density at radius 2 is 1.90 bits per heavy atom. The Bertz CT molecular complexity index is 393. The fourth-order valence-corrected chi connectivity index (χ4v) is 3.76. The Morgan fingerprint density at radius 1 is 1.24 bits per heavy atom. The van der Waals surface area contributed by atoms with Crippen LogP contribution in [0.1, 0.15) is 58.3 Å². The first-order valence-corrected chi connectivity index (χ1v) is 8.25. The van der Waals surface area contributed by atoms with Crippen LogP contribution >= 0.6 is 0 Å². The summed E-state index contributed by atoms with van der Waals surface area (Å²) in [4.78, 5) is 27.9. The highest BCUT2D eigenvalue weighted by Crippen LogP contribution is 2.34. The molecule has 1 aliphatic heterocycles. The number of carbonyl (C=O) groups is 2. The molecule has 0 spiro atoms. The van der Waals surface area contributed by atoms with Gasteiger partial charge in [-0.05, 0) is 32.1 Å². The maximum atomic E-state index is 12.7. The predicted octanol–water partition coefficient (Wildman–Crippen LogP) is 2.95. The van der Waals surface area contributed by atoms with Gasteiger partial charge < -0.3 is 14.9 Å². The van der Waals surface area contributed by atoms with Gasteiger partial charge in [0.25, 0.3) is 0 Å². The molecule has 5 nitrogen and oxygen atoms in total. The molecule has 1 saturated heterocycles. The Labute approximate surface area is 127 Å². The van der Waals surface area contributed by atoms with Crippen LogP contribution in [0.25, 0.3) is 0 Å². The van der Waals surface area contributed by atoms with Crippen LogP contribution in [0.15, 0.2) is 0 Å². The van der Waals surface area contributed by atoms with Crippen molar-refractivity contribution in [2.24, 2.45) is 5.41 Å². The lowest BCUT2D eigenvalue weighted by Crippen LogP contribution is -2.54. The summed E-state index contributed by atoms with van der Waals surface area (Å²) in [6.07, 6.45) is 7.84. The van der Waals surface area contributed by atoms with Crippen LogP contribution in [0.5, 0.6) is 0 Å². The summed E-state index contributed by atoms with van der Waals surface area (Å²) in [7, 11) is 1.88. The van der Waals surface area contributed by atoms with Crippen LogP contribution in [-0.2, 0) is 4.79 Å². The van der Waals surface area contributed by atoms with Crippen molar-refractivity contribution in [2.75, 3.05) is 20.1 Å². The van der Waals surface area contributed by atoms with Crippen LogP contribution in [0.2, 0.25) is 0 Å². The van der Waals surface area contributed by atoms with Gasteiger partial charge in [-0.1, -0.05) is 26.2 Å². The molecule has 1 aliphatic carbocycles. The van der Waals surface area contributed by atoms with Gasteiger partial charge in [0.1, 0.15) is 0 Å². The molecule has 120 valence electrons. The number of aliphatic carboxylic acids is 1. The second-order valence-electron chi connectivity index (χ2n) is 6.65. The Morgan fingerprint density at radius 3 is 2.48 bits per heavy atom. The first-order chi connectivity index (χ1) is 10.00. The van der Waals surface area contributed by atoms with Crippen molar-refractivity contribution < 1.29 is 14.7 Å². The summed E-state index contributed by atoms with van der Waals surface area (Å²) in [6, 6.07) is 0.342. The molecule has 21 heavy (non-hydrogen) atoms. The van der Waals surface area contributed by atoms with E-state index in [1.165, 1.54) is 19.3 Å². The highest BCUT2D eigenvalue weighted by atomic mass is 16.4. The monoisotopic (exact) mass is 296 g/mol. The third-order valence-corrected chi connectivity index (χ3v) is 5.40. The SMILES string of the molecule is CCC1(C(=O)O)CCCN(C(=O)N(C)C2CCCCC2)C1. The lowest BCUT2D eigenvalue weighted by atomic mass is 9.78. The summed E-state index contributed by atoms with van der Waals surface area (Å²) >= 11 is 0. The minimum Gasteiger partial charge on any atom is -0.481 e. The van der Waals surface area contributed by atoms with E-state index in [9.17, 15) is 14.7 Å². The molecule has 5 heteroatoms. The highest BCUT2D eigenvalue weighted by Gasteiger charge is 2.43. The van der Waals surface area contributed by atoms with Crippen LogP contribution < -0.4 is 0 Å². The third kappa shape index (κ3) is 3.33. The van der Waals surface area contributed by atoms with E-state index in [1.54, 1.807) is 4.90 Å². The van der Waals surface area contributed by atoms with E-state index >= 15 is 0 Å². The summed E-state index contributed by atoms with van der Waals surface area (Å²) < 4.78 is 0. The molecule has 0 aromatic rings. The van der Waals surface area contributed by atoms with Gasteiger partial charge in [-0.2, -0.15) is 0 Å². The molecule has 1 heterocycles. The Hall–Kier alpha value is -1.26. The number of carboxylic acids is 1. The summed E-state index contributed by atoms with van der Waals surface area (Å²) in [5.41, 5.74) is -0.749. The number of rotatable bonds is 3. The number of nitrogens with zero attached hydrogens (tertiary/aromatic N) is 2. The van der Waals surface area contributed by atoms with Crippen LogP contribution in [-0.4, -0.2) is 53.1 Å². The van der Waals surface area contributed by atoms with Gasteiger partial charge in [-0.25, -0.2) is 4.79 Å². The molecule has 0 aromatic heterocycles. The van der Waals surface area contributed by atoms with E-state index in [0.717, 1.165) is 19.3 Å². The Kier molecular flexibility index (Phi) is 5.12. The predicted molar refractivity (Wildman–Crippen MR) is 81.2 cm³/mol. The standard InChI is InChI=1S/C16H28N2O3/c1-3-16(14(19)20)10-7-11-18(12-16)15(21)17(2)13-8-5-4-6-9-13/h13H,3-12H2,1-2H3,(H,19,20). The zero-order chi connectivity index (χ0) is 15.5. The van der Waals surface area contributed by atoms with Crippen molar-refractivity contribution in [3.8, 4) is 0 Å². The number of hydrogen-bond donors (Lipinski definition) is 1. The maximum absolute atomic E-state index is 12.7. The van der Waals surface area contributed by atoms with E-state index < -0.39 is 11.4 Å². The molecule has 1 N–H and O–H groups in total. The zero-order valence-corrected chi connectivity index (χ0v) is 13.3. The van der Waals surface area contributed by atoms with Gasteiger partial charge in [-0.15, -0.1) is 0 Å². The number of carboxylic acid groups (broad SMARTS) is 1. The largest absolute Gasteiger partial charge is 0.481 e. The molecular weight excluding hydrogens is 268 g/mol. The van der Waals surface area contributed by atoms with Gasteiger partial charge in [0.2, 0.25) is 0 Å². The Balaban J connectivity index is 2.02. The maximum Gasteiger partial charge on any atom is 0.320 e. The average molecular weight is 296 g/mol. The van der Waals surface area contributed by atoms with E-state index in [4.69, 9.17) is 0 Å². The summed E-state index contributed by atoms with van der Waals surface area (Å²) in [5.74, 6) is -0.761. The quantitative estimate of drug-likeness (QED) is 0.871. The van der Waals surface area contributed by atoms with Gasteiger partial charge in [0.05, 0.1) is 5.41 Å². The summed E-state index contributed by atoms with van der Waals surface area (Å²) in [6.45, 7) is 2.95. The van der Waals surface area contributed by atoms with E-state index in [1.807, 2.05) is 18.9 Å². The van der Waals surface area contributed by atoms with Crippen molar-refractivity contribution in [1.82, 2.24) is 9.80 Å². The number of likely N-dealkylation sites (tertiary alicyclic amines) is 1. The van der Waals surface area contributed by atoms with Crippen molar-refractivity contribution in [3.63, 3.8) is 0 Å². The smallest absolute Gasteiger partial charge is 0.320 e. The first kappa shape index (κ1) is 16.1. The molecule has 2 fully saturated rings. The first-order valence-electron chi connectivity index (χ1n) is 8.25. The number of carbonyl (C=O) groups excluding carboxylic acids is 1. The van der Waals surface area contributed by atoms with E-state index in [0.29, 0.717) is 32.0 Å². The number of urea groups is 1. The average Bonchev–Trinajstić information content (AvgIpc) is 2.54. The van der Waals surface area contributed by atoms with E-state index in [2.05, 4.69) is 0 Å². The lowest BCUT2D eigenvalue weighted by Gasteiger charge is -2.42. The normalized spacial score (nSPS) is 27.4. The molecule has 1 atom stereocenters. The molecule has 0 radical (unpaired) electrons. The minimum absolute atomic E-state index is 0.0145. The molecule has 1 saturated carbocycles. The topological polar surface area (TPSA) is 60.9 Å². The zero-order valence-electron chi connectivity index (χ0n) is 13.3. The lowest BCUT2D eigenvalue weighted by molar-refractivity contribution is -0.152. The third-order valence-electron chi connectivity index (χ3n) is 5.40. The molecule has 0 aromatic carbocycles. The van der Waals surface area contributed by atoms with Gasteiger partial charge in [-0.3, -0.25) is 4.79 Å². The molecule has 2 amide bonds. The number of piperidine rings is 1. The number of amides is 2. The van der Waals surface area contributed by atoms with Crippen LogP contribution in [0, 0.1) is 5.41 Å². The number of hydrogen-bond acceptors (Lipinski definition) is 2. The van der Waals surface area contributed by atoms with Gasteiger partial charge >= 0.3 is 12.0 Å². The minimum atomic E-state index is -0.761. The second kappa shape index (κ2) is 6.67. The summed E-state index contributed by atoms with van der Waals surface area (Å²) in [5, 5.41) is 9.52. The van der Waals surface area contributed by atoms with Crippen LogP contribution in [0.3, 0.4) is 0 Å². The molecule has 2 rings (SSSR count). The molecule has 2 aliphatic rings. The van der Waals surface area contributed by atoms with Gasteiger partial charge in [0, 0.05) is 26.2 Å².